The van der Waals surface area contributed by atoms with E-state index in [9.17, 15) is 4.39 Å². The molecule has 0 amide bonds. The van der Waals surface area contributed by atoms with E-state index in [-0.39, 0.29) is 5.82 Å². The number of ether oxygens (including phenoxy) is 1. The molecule has 1 aromatic heterocycles. The van der Waals surface area contributed by atoms with Gasteiger partial charge in [-0.15, -0.1) is 11.3 Å². The number of halogens is 2. The highest BCUT2D eigenvalue weighted by atomic mass is 35.5. The zero-order valence-electron chi connectivity index (χ0n) is 8.95. The second-order valence-electron chi connectivity index (χ2n) is 3.49. The third kappa shape index (κ3) is 3.43. The van der Waals surface area contributed by atoms with Gasteiger partial charge in [0.1, 0.15) is 18.2 Å². The standard InChI is InChI=1S/C12H11ClFNOS/c13-12-2-1-11(17-12)7-16-10-4-8(6-15)3-9(14)5-10/h1-5H,6-7,15H2. The van der Waals surface area contributed by atoms with Crippen LogP contribution in [0.3, 0.4) is 0 Å². The molecule has 0 aliphatic carbocycles. The number of hydrogen-bond donors (Lipinski definition) is 1. The largest absolute Gasteiger partial charge is 0.488 e. The highest BCUT2D eigenvalue weighted by molar-refractivity contribution is 7.16. The van der Waals surface area contributed by atoms with Crippen molar-refractivity contribution in [3.05, 3.63) is 50.9 Å². The minimum Gasteiger partial charge on any atom is -0.488 e. The van der Waals surface area contributed by atoms with Gasteiger partial charge >= 0.3 is 0 Å². The Balaban J connectivity index is 2.05. The van der Waals surface area contributed by atoms with Gasteiger partial charge in [0, 0.05) is 17.5 Å². The number of nitrogens with two attached hydrogens (primary N) is 1. The molecule has 1 heterocycles. The van der Waals surface area contributed by atoms with Crippen LogP contribution in [-0.4, -0.2) is 0 Å². The van der Waals surface area contributed by atoms with Gasteiger partial charge in [-0.25, -0.2) is 4.39 Å². The lowest BCUT2D eigenvalue weighted by atomic mass is 10.2. The molecule has 90 valence electrons. The molecule has 1 aromatic carbocycles. The summed E-state index contributed by atoms with van der Waals surface area (Å²) in [5.74, 6) is 0.141. The number of hydrogen-bond acceptors (Lipinski definition) is 3. The maximum absolute atomic E-state index is 13.2. The fraction of sp³-hybridized carbons (Fsp3) is 0.167. The fourth-order valence-corrected chi connectivity index (χ4v) is 2.41. The molecule has 2 rings (SSSR count). The summed E-state index contributed by atoms with van der Waals surface area (Å²) in [5, 5.41) is 0. The summed E-state index contributed by atoms with van der Waals surface area (Å²) in [5.41, 5.74) is 6.17. The average molecular weight is 272 g/mol. The van der Waals surface area contributed by atoms with E-state index < -0.39 is 0 Å². The van der Waals surface area contributed by atoms with Gasteiger partial charge in [0.05, 0.1) is 4.34 Å². The minimum absolute atomic E-state index is 0.291. The molecule has 2 aromatic rings. The molecular weight excluding hydrogens is 261 g/mol. The molecule has 0 aliphatic heterocycles. The molecule has 0 unspecified atom stereocenters. The van der Waals surface area contributed by atoms with Crippen molar-refractivity contribution in [2.75, 3.05) is 0 Å². The highest BCUT2D eigenvalue weighted by Crippen LogP contribution is 2.23. The normalized spacial score (nSPS) is 10.5. The topological polar surface area (TPSA) is 35.2 Å². The van der Waals surface area contributed by atoms with Crippen LogP contribution in [0.2, 0.25) is 4.34 Å². The first kappa shape index (κ1) is 12.4. The van der Waals surface area contributed by atoms with Crippen LogP contribution in [0, 0.1) is 5.82 Å². The van der Waals surface area contributed by atoms with Crippen LogP contribution < -0.4 is 10.5 Å². The quantitative estimate of drug-likeness (QED) is 0.922. The van der Waals surface area contributed by atoms with Gasteiger partial charge in [0.25, 0.3) is 0 Å². The molecule has 0 atom stereocenters. The summed E-state index contributed by atoms with van der Waals surface area (Å²) < 4.78 is 19.4. The summed E-state index contributed by atoms with van der Waals surface area (Å²) in [6, 6.07) is 8.17. The summed E-state index contributed by atoms with van der Waals surface area (Å²) >= 11 is 7.24. The Kier molecular flexibility index (Phi) is 3.99. The maximum Gasteiger partial charge on any atom is 0.127 e. The Morgan fingerprint density at radius 1 is 1.29 bits per heavy atom. The van der Waals surface area contributed by atoms with Crippen molar-refractivity contribution in [2.45, 2.75) is 13.2 Å². The fourth-order valence-electron chi connectivity index (χ4n) is 1.41. The first-order valence-corrected chi connectivity index (χ1v) is 6.23. The van der Waals surface area contributed by atoms with Gasteiger partial charge in [0.2, 0.25) is 0 Å². The van der Waals surface area contributed by atoms with E-state index in [1.54, 1.807) is 6.07 Å². The Morgan fingerprint density at radius 2 is 2.12 bits per heavy atom. The molecule has 2 N–H and O–H groups in total. The van der Waals surface area contributed by atoms with Gasteiger partial charge in [-0.05, 0) is 29.8 Å². The predicted molar refractivity (Wildman–Crippen MR) is 68.0 cm³/mol. The van der Waals surface area contributed by atoms with Crippen LogP contribution in [0.4, 0.5) is 4.39 Å². The van der Waals surface area contributed by atoms with Gasteiger partial charge in [-0.2, -0.15) is 0 Å². The van der Waals surface area contributed by atoms with Crippen LogP contribution in [-0.2, 0) is 13.2 Å². The summed E-state index contributed by atoms with van der Waals surface area (Å²) in [6.07, 6.45) is 0. The van der Waals surface area contributed by atoms with Crippen LogP contribution in [0.25, 0.3) is 0 Å². The lowest BCUT2D eigenvalue weighted by Gasteiger charge is -2.06. The smallest absolute Gasteiger partial charge is 0.127 e. The number of benzene rings is 1. The zero-order chi connectivity index (χ0) is 12.3. The summed E-state index contributed by atoms with van der Waals surface area (Å²) in [4.78, 5) is 0.994. The van der Waals surface area contributed by atoms with E-state index in [0.29, 0.717) is 28.8 Å². The van der Waals surface area contributed by atoms with E-state index in [1.165, 1.54) is 23.5 Å². The summed E-state index contributed by atoms with van der Waals surface area (Å²) in [7, 11) is 0. The van der Waals surface area contributed by atoms with Crippen LogP contribution >= 0.6 is 22.9 Å². The van der Waals surface area contributed by atoms with E-state index in [2.05, 4.69) is 0 Å². The maximum atomic E-state index is 13.2. The van der Waals surface area contributed by atoms with Crippen molar-refractivity contribution in [1.82, 2.24) is 0 Å². The molecule has 0 fully saturated rings. The van der Waals surface area contributed by atoms with Crippen molar-refractivity contribution < 1.29 is 9.13 Å². The lowest BCUT2D eigenvalue weighted by molar-refractivity contribution is 0.308. The van der Waals surface area contributed by atoms with Crippen molar-refractivity contribution in [3.8, 4) is 5.75 Å². The number of rotatable bonds is 4. The number of thiophene rings is 1. The Morgan fingerprint density at radius 3 is 2.76 bits per heavy atom. The first-order chi connectivity index (χ1) is 8.17. The molecule has 5 heteroatoms. The second kappa shape index (κ2) is 5.49. The van der Waals surface area contributed by atoms with Crippen LogP contribution in [0.1, 0.15) is 10.4 Å². The van der Waals surface area contributed by atoms with Gasteiger partial charge in [-0.1, -0.05) is 11.6 Å². The van der Waals surface area contributed by atoms with E-state index >= 15 is 0 Å². The molecule has 0 aliphatic rings. The molecule has 0 saturated carbocycles. The van der Waals surface area contributed by atoms with Crippen molar-refractivity contribution >= 4 is 22.9 Å². The summed E-state index contributed by atoms with van der Waals surface area (Å²) in [6.45, 7) is 0.670. The monoisotopic (exact) mass is 271 g/mol. The molecule has 0 bridgehead atoms. The van der Waals surface area contributed by atoms with Gasteiger partial charge in [-0.3, -0.25) is 0 Å². The minimum atomic E-state index is -0.341. The first-order valence-electron chi connectivity index (χ1n) is 5.04. The Labute approximate surface area is 108 Å². The Hall–Kier alpha value is -1.10. The highest BCUT2D eigenvalue weighted by Gasteiger charge is 2.03. The molecular formula is C12H11ClFNOS. The molecule has 2 nitrogen and oxygen atoms in total. The molecule has 0 saturated heterocycles. The predicted octanol–water partition coefficient (Wildman–Crippen LogP) is 3.58. The van der Waals surface area contributed by atoms with Crippen LogP contribution in [0.15, 0.2) is 30.3 Å². The van der Waals surface area contributed by atoms with Crippen molar-refractivity contribution in [2.24, 2.45) is 5.73 Å². The van der Waals surface area contributed by atoms with E-state index in [1.807, 2.05) is 12.1 Å². The Bertz CT molecular complexity index is 515. The van der Waals surface area contributed by atoms with Gasteiger partial charge < -0.3 is 10.5 Å². The van der Waals surface area contributed by atoms with E-state index in [4.69, 9.17) is 22.1 Å². The third-order valence-corrected chi connectivity index (χ3v) is 3.38. The average Bonchev–Trinajstić information content (AvgIpc) is 2.72. The molecule has 0 spiro atoms. The van der Waals surface area contributed by atoms with E-state index in [0.717, 1.165) is 4.88 Å². The zero-order valence-corrected chi connectivity index (χ0v) is 10.5. The lowest BCUT2D eigenvalue weighted by Crippen LogP contribution is -1.99. The SMILES string of the molecule is NCc1cc(F)cc(OCc2ccc(Cl)s2)c1. The van der Waals surface area contributed by atoms with Crippen molar-refractivity contribution in [1.29, 1.82) is 0 Å². The van der Waals surface area contributed by atoms with Gasteiger partial charge in [0.15, 0.2) is 0 Å². The van der Waals surface area contributed by atoms with Crippen molar-refractivity contribution in [3.63, 3.8) is 0 Å². The third-order valence-electron chi connectivity index (χ3n) is 2.18. The second-order valence-corrected chi connectivity index (χ2v) is 5.29. The molecule has 0 radical (unpaired) electrons. The molecule has 17 heavy (non-hydrogen) atoms. The van der Waals surface area contributed by atoms with Crippen LogP contribution in [0.5, 0.6) is 5.75 Å².